The van der Waals surface area contributed by atoms with Gasteiger partial charge in [0.25, 0.3) is 11.4 Å². The highest BCUT2D eigenvalue weighted by Crippen LogP contribution is 2.36. The van der Waals surface area contributed by atoms with E-state index in [-0.39, 0.29) is 52.9 Å². The Hall–Kier alpha value is -4.61. The number of nitrogens with zero attached hydrogens (tertiary/aromatic N) is 4. The van der Waals surface area contributed by atoms with Crippen molar-refractivity contribution in [1.82, 2.24) is 9.55 Å². The molecule has 0 fully saturated rings. The van der Waals surface area contributed by atoms with Gasteiger partial charge in [-0.1, -0.05) is 24.3 Å². The number of rotatable bonds is 9. The number of hydrogen-bond acceptors (Lipinski definition) is 9. The molecule has 0 radical (unpaired) electrons. The summed E-state index contributed by atoms with van der Waals surface area (Å²) in [6, 6.07) is 11.1. The van der Waals surface area contributed by atoms with Gasteiger partial charge in [-0.25, -0.2) is 9.78 Å². The van der Waals surface area contributed by atoms with Crippen molar-refractivity contribution in [2.75, 3.05) is 13.2 Å². The molecule has 0 aliphatic carbocycles. The monoisotopic (exact) mass is 468 g/mol. The highest BCUT2D eigenvalue weighted by molar-refractivity contribution is 5.92. The second-order valence-electron chi connectivity index (χ2n) is 6.86. The highest BCUT2D eigenvalue weighted by atomic mass is 16.6. The number of nitro groups is 2. The first-order chi connectivity index (χ1) is 16.3. The van der Waals surface area contributed by atoms with Crippen molar-refractivity contribution in [3.8, 4) is 22.5 Å². The van der Waals surface area contributed by atoms with Gasteiger partial charge in [0, 0.05) is 35.4 Å². The van der Waals surface area contributed by atoms with Gasteiger partial charge in [-0.3, -0.25) is 25.0 Å². The lowest BCUT2D eigenvalue weighted by Crippen LogP contribution is -2.20. The lowest BCUT2D eigenvalue weighted by Gasteiger charge is -2.12. The van der Waals surface area contributed by atoms with Gasteiger partial charge in [0.2, 0.25) is 5.82 Å². The van der Waals surface area contributed by atoms with Gasteiger partial charge in [-0.15, -0.1) is 0 Å². The van der Waals surface area contributed by atoms with Crippen molar-refractivity contribution in [1.29, 1.82) is 0 Å². The summed E-state index contributed by atoms with van der Waals surface area (Å²) in [6.07, 6.45) is 0. The summed E-state index contributed by atoms with van der Waals surface area (Å²) in [6.45, 7) is 2.89. The summed E-state index contributed by atoms with van der Waals surface area (Å²) in [4.78, 5) is 50.9. The maximum Gasteiger partial charge on any atom is 0.374 e. The standard InChI is InChI=1S/C22H20N4O8/c1-3-33-18(27)13-24-20(15-8-6-10-17(12-15)26(31)32)19(23-21(24)22(28)34-4-2)14-7-5-9-16(11-14)25(29)30/h5-12H,3-4,13H2,1-2H3. The van der Waals surface area contributed by atoms with E-state index in [0.717, 1.165) is 0 Å². The normalized spacial score (nSPS) is 10.5. The summed E-state index contributed by atoms with van der Waals surface area (Å²) in [5.74, 6) is -1.77. The number of carbonyl (C=O) groups is 2. The van der Waals surface area contributed by atoms with Crippen molar-refractivity contribution in [3.05, 3.63) is 74.6 Å². The molecule has 0 aliphatic heterocycles. The zero-order valence-electron chi connectivity index (χ0n) is 18.3. The van der Waals surface area contributed by atoms with Gasteiger partial charge in [0.1, 0.15) is 6.54 Å². The Bertz CT molecular complexity index is 1270. The van der Waals surface area contributed by atoms with E-state index in [1.165, 1.54) is 41.0 Å². The van der Waals surface area contributed by atoms with E-state index < -0.39 is 28.3 Å². The molecular formula is C22H20N4O8. The minimum absolute atomic E-state index is 0.0311. The number of aromatic nitrogens is 2. The molecule has 0 unspecified atom stereocenters. The second-order valence-corrected chi connectivity index (χ2v) is 6.86. The Kier molecular flexibility index (Phi) is 7.31. The number of hydrogen-bond donors (Lipinski definition) is 0. The van der Waals surface area contributed by atoms with Crippen LogP contribution in [0.3, 0.4) is 0 Å². The van der Waals surface area contributed by atoms with Crippen LogP contribution in [0.15, 0.2) is 48.5 Å². The maximum absolute atomic E-state index is 12.7. The summed E-state index contributed by atoms with van der Waals surface area (Å²) >= 11 is 0. The first-order valence-electron chi connectivity index (χ1n) is 10.2. The minimum Gasteiger partial charge on any atom is -0.465 e. The molecule has 0 saturated carbocycles. The molecule has 0 amide bonds. The molecule has 0 atom stereocenters. The van der Waals surface area contributed by atoms with Crippen LogP contribution in [0, 0.1) is 20.2 Å². The van der Waals surface area contributed by atoms with E-state index in [0.29, 0.717) is 0 Å². The first-order valence-corrected chi connectivity index (χ1v) is 10.2. The SMILES string of the molecule is CCOC(=O)Cn1c(C(=O)OCC)nc(-c2cccc([N+](=O)[O-])c2)c1-c1cccc([N+](=O)[O-])c1. The average Bonchev–Trinajstić information content (AvgIpc) is 3.18. The lowest BCUT2D eigenvalue weighted by molar-refractivity contribution is -0.385. The fourth-order valence-corrected chi connectivity index (χ4v) is 3.32. The molecule has 0 N–H and O–H groups in total. The molecule has 3 aromatic rings. The number of nitro benzene ring substituents is 2. The Labute approximate surface area is 193 Å². The Morgan fingerprint density at radius 3 is 2.03 bits per heavy atom. The van der Waals surface area contributed by atoms with Crippen molar-refractivity contribution < 1.29 is 28.9 Å². The third-order valence-electron chi connectivity index (χ3n) is 4.68. The second kappa shape index (κ2) is 10.3. The predicted molar refractivity (Wildman–Crippen MR) is 119 cm³/mol. The van der Waals surface area contributed by atoms with E-state index in [1.807, 2.05) is 0 Å². The Morgan fingerprint density at radius 2 is 1.47 bits per heavy atom. The van der Waals surface area contributed by atoms with Crippen LogP contribution in [-0.2, 0) is 20.8 Å². The zero-order chi connectivity index (χ0) is 24.8. The van der Waals surface area contributed by atoms with E-state index in [2.05, 4.69) is 4.98 Å². The van der Waals surface area contributed by atoms with Crippen LogP contribution < -0.4 is 0 Å². The summed E-state index contributed by atoms with van der Waals surface area (Å²) in [7, 11) is 0. The number of carbonyl (C=O) groups excluding carboxylic acids is 2. The van der Waals surface area contributed by atoms with Crippen LogP contribution >= 0.6 is 0 Å². The van der Waals surface area contributed by atoms with Gasteiger partial charge < -0.3 is 14.0 Å². The topological polar surface area (TPSA) is 157 Å². The zero-order valence-corrected chi connectivity index (χ0v) is 18.3. The summed E-state index contributed by atoms with van der Waals surface area (Å²) in [5, 5.41) is 22.7. The molecular weight excluding hydrogens is 448 g/mol. The first kappa shape index (κ1) is 24.0. The van der Waals surface area contributed by atoms with E-state index in [4.69, 9.17) is 9.47 Å². The van der Waals surface area contributed by atoms with Crippen LogP contribution in [-0.4, -0.2) is 44.6 Å². The molecule has 0 saturated heterocycles. The largest absolute Gasteiger partial charge is 0.465 e. The average molecular weight is 468 g/mol. The number of benzene rings is 2. The van der Waals surface area contributed by atoms with Gasteiger partial charge in [-0.2, -0.15) is 0 Å². The molecule has 12 nitrogen and oxygen atoms in total. The Balaban J connectivity index is 2.35. The molecule has 1 aromatic heterocycles. The minimum atomic E-state index is -0.838. The van der Waals surface area contributed by atoms with Crippen molar-refractivity contribution in [2.24, 2.45) is 0 Å². The van der Waals surface area contributed by atoms with Crippen LogP contribution in [0.4, 0.5) is 11.4 Å². The van der Waals surface area contributed by atoms with Crippen molar-refractivity contribution >= 4 is 23.3 Å². The van der Waals surface area contributed by atoms with Crippen LogP contribution in [0.25, 0.3) is 22.5 Å². The van der Waals surface area contributed by atoms with Gasteiger partial charge >= 0.3 is 11.9 Å². The number of esters is 2. The molecule has 2 aromatic carbocycles. The molecule has 0 bridgehead atoms. The number of imidazole rings is 1. The lowest BCUT2D eigenvalue weighted by atomic mass is 10.0. The fourth-order valence-electron chi connectivity index (χ4n) is 3.32. The van der Waals surface area contributed by atoms with Crippen molar-refractivity contribution in [2.45, 2.75) is 20.4 Å². The van der Waals surface area contributed by atoms with E-state index >= 15 is 0 Å². The molecule has 0 aliphatic rings. The highest BCUT2D eigenvalue weighted by Gasteiger charge is 2.28. The van der Waals surface area contributed by atoms with Gasteiger partial charge in [0.05, 0.1) is 34.4 Å². The van der Waals surface area contributed by atoms with Crippen LogP contribution in [0.1, 0.15) is 24.5 Å². The van der Waals surface area contributed by atoms with Crippen LogP contribution in [0.5, 0.6) is 0 Å². The summed E-state index contributed by atoms with van der Waals surface area (Å²) < 4.78 is 11.3. The van der Waals surface area contributed by atoms with Gasteiger partial charge in [-0.05, 0) is 13.8 Å². The predicted octanol–water partition coefficient (Wildman–Crippen LogP) is 3.77. The summed E-state index contributed by atoms with van der Waals surface area (Å²) in [5.41, 5.74) is 0.355. The fraction of sp³-hybridized carbons (Fsp3) is 0.227. The molecule has 34 heavy (non-hydrogen) atoms. The maximum atomic E-state index is 12.7. The third kappa shape index (κ3) is 5.06. The number of non-ortho nitro benzene ring substituents is 2. The third-order valence-corrected chi connectivity index (χ3v) is 4.68. The molecule has 1 heterocycles. The molecule has 3 rings (SSSR count). The molecule has 176 valence electrons. The quantitative estimate of drug-likeness (QED) is 0.259. The van der Waals surface area contributed by atoms with Crippen molar-refractivity contribution in [3.63, 3.8) is 0 Å². The van der Waals surface area contributed by atoms with E-state index in [1.54, 1.807) is 26.0 Å². The van der Waals surface area contributed by atoms with E-state index in [9.17, 15) is 29.8 Å². The number of ether oxygens (including phenoxy) is 2. The Morgan fingerprint density at radius 1 is 0.912 bits per heavy atom. The smallest absolute Gasteiger partial charge is 0.374 e. The molecule has 0 spiro atoms. The molecule has 12 heteroatoms. The van der Waals surface area contributed by atoms with Crippen LogP contribution in [0.2, 0.25) is 0 Å². The van der Waals surface area contributed by atoms with Gasteiger partial charge in [0.15, 0.2) is 0 Å².